The summed E-state index contributed by atoms with van der Waals surface area (Å²) in [5.74, 6) is -0.0882. The molecule has 1 aromatic rings. The highest BCUT2D eigenvalue weighted by molar-refractivity contribution is 7.90. The van der Waals surface area contributed by atoms with Crippen LogP contribution in [0.25, 0.3) is 0 Å². The number of nitrogens with one attached hydrogen (secondary N) is 2. The van der Waals surface area contributed by atoms with Crippen molar-refractivity contribution in [2.75, 3.05) is 11.3 Å². The van der Waals surface area contributed by atoms with Crippen LogP contribution in [0.1, 0.15) is 19.4 Å². The van der Waals surface area contributed by atoms with Gasteiger partial charge in [-0.25, -0.2) is 13.6 Å². The third-order valence-corrected chi connectivity index (χ3v) is 4.04. The number of hydrogen-bond acceptors (Lipinski definition) is 4. The van der Waals surface area contributed by atoms with Gasteiger partial charge in [-0.15, -0.1) is 0 Å². The predicted molar refractivity (Wildman–Crippen MR) is 78.6 cm³/mol. The molecule has 7 nitrogen and oxygen atoms in total. The lowest BCUT2D eigenvalue weighted by atomic mass is 10.2. The van der Waals surface area contributed by atoms with Gasteiger partial charge in [-0.3, -0.25) is 4.72 Å². The van der Waals surface area contributed by atoms with E-state index in [9.17, 15) is 16.8 Å². The Labute approximate surface area is 119 Å². The van der Waals surface area contributed by atoms with Crippen molar-refractivity contribution in [2.45, 2.75) is 19.6 Å². The lowest BCUT2D eigenvalue weighted by Crippen LogP contribution is -2.32. The molecule has 0 fully saturated rings. The van der Waals surface area contributed by atoms with Gasteiger partial charge in [0, 0.05) is 12.2 Å². The van der Waals surface area contributed by atoms with Gasteiger partial charge in [-0.05, 0) is 23.6 Å². The zero-order chi connectivity index (χ0) is 15.4. The van der Waals surface area contributed by atoms with Gasteiger partial charge in [0.05, 0.1) is 5.75 Å². The van der Waals surface area contributed by atoms with Crippen LogP contribution in [0, 0.1) is 5.92 Å². The molecule has 0 saturated heterocycles. The molecule has 0 spiro atoms. The summed E-state index contributed by atoms with van der Waals surface area (Å²) in [4.78, 5) is 0. The van der Waals surface area contributed by atoms with Gasteiger partial charge in [0.15, 0.2) is 0 Å². The molecular weight excluding hydrogens is 302 g/mol. The van der Waals surface area contributed by atoms with E-state index in [0.29, 0.717) is 17.8 Å². The number of benzene rings is 1. The molecule has 0 amide bonds. The predicted octanol–water partition coefficient (Wildman–Crippen LogP) is 0.377. The minimum absolute atomic E-state index is 0.198. The van der Waals surface area contributed by atoms with Crippen LogP contribution in [-0.4, -0.2) is 23.4 Å². The van der Waals surface area contributed by atoms with E-state index in [1.165, 1.54) is 24.3 Å². The molecule has 0 radical (unpaired) electrons. The van der Waals surface area contributed by atoms with E-state index in [1.807, 2.05) is 13.8 Å². The third-order valence-electron chi connectivity index (χ3n) is 2.26. The van der Waals surface area contributed by atoms with Crippen LogP contribution in [0.2, 0.25) is 0 Å². The molecule has 114 valence electrons. The number of hydrogen-bond donors (Lipinski definition) is 3. The Morgan fingerprint density at radius 2 is 1.65 bits per heavy atom. The monoisotopic (exact) mass is 321 g/mol. The summed E-state index contributed by atoms with van der Waals surface area (Å²) in [5.41, 5.74) is 0.838. The number of nitrogens with two attached hydrogens (primary N) is 1. The van der Waals surface area contributed by atoms with Crippen LogP contribution in [0.5, 0.6) is 0 Å². The molecule has 4 N–H and O–H groups in total. The fourth-order valence-corrected chi connectivity index (χ4v) is 3.10. The molecule has 0 aliphatic rings. The minimum atomic E-state index is -3.62. The van der Waals surface area contributed by atoms with Crippen molar-refractivity contribution >= 4 is 25.9 Å². The summed E-state index contributed by atoms with van der Waals surface area (Å²) in [6.07, 6.45) is 0. The smallest absolute Gasteiger partial charge is 0.271 e. The second kappa shape index (κ2) is 6.53. The fraction of sp³-hybridized carbons (Fsp3) is 0.455. The Kier molecular flexibility index (Phi) is 5.51. The topological polar surface area (TPSA) is 118 Å². The zero-order valence-electron chi connectivity index (χ0n) is 11.3. The molecule has 0 unspecified atom stereocenters. The number of sulfonamides is 1. The summed E-state index contributed by atoms with van der Waals surface area (Å²) >= 11 is 0. The molecule has 0 saturated carbocycles. The summed E-state index contributed by atoms with van der Waals surface area (Å²) in [5, 5.41) is 4.93. The number of anilines is 1. The summed E-state index contributed by atoms with van der Waals surface area (Å²) in [6.45, 7) is 4.12. The Morgan fingerprint density at radius 1 is 1.10 bits per heavy atom. The molecule has 20 heavy (non-hydrogen) atoms. The lowest BCUT2D eigenvalue weighted by Gasteiger charge is -2.11. The van der Waals surface area contributed by atoms with E-state index in [1.54, 1.807) is 0 Å². The van der Waals surface area contributed by atoms with E-state index < -0.39 is 20.2 Å². The highest BCUT2D eigenvalue weighted by Gasteiger charge is 2.10. The standard InChI is InChI=1S/C11H19N3O4S2/c1-9(2)7-13-20(17,18)14-11-5-3-10(4-6-11)8-19(12,15)16/h3-6,9,13-14H,7-8H2,1-2H3,(H2,12,15,16). The van der Waals surface area contributed by atoms with Gasteiger partial charge < -0.3 is 0 Å². The molecule has 0 aromatic heterocycles. The van der Waals surface area contributed by atoms with Crippen LogP contribution in [0.3, 0.4) is 0 Å². The Balaban J connectivity index is 2.70. The summed E-state index contributed by atoms with van der Waals surface area (Å²) < 4.78 is 49.9. The quantitative estimate of drug-likeness (QED) is 0.672. The molecule has 0 atom stereocenters. The van der Waals surface area contributed by atoms with Crippen LogP contribution < -0.4 is 14.6 Å². The van der Waals surface area contributed by atoms with Crippen LogP contribution in [0.15, 0.2) is 24.3 Å². The van der Waals surface area contributed by atoms with Crippen molar-refractivity contribution in [3.05, 3.63) is 29.8 Å². The van der Waals surface area contributed by atoms with Crippen molar-refractivity contribution in [2.24, 2.45) is 11.1 Å². The normalized spacial score (nSPS) is 12.6. The first-order chi connectivity index (χ1) is 9.07. The first-order valence-electron chi connectivity index (χ1n) is 5.94. The van der Waals surface area contributed by atoms with Gasteiger partial charge in [0.1, 0.15) is 0 Å². The molecule has 0 aliphatic carbocycles. The van der Waals surface area contributed by atoms with Crippen LogP contribution in [-0.2, 0) is 26.0 Å². The van der Waals surface area contributed by atoms with E-state index in [-0.39, 0.29) is 11.7 Å². The highest BCUT2D eigenvalue weighted by Crippen LogP contribution is 2.12. The largest absolute Gasteiger partial charge is 0.299 e. The SMILES string of the molecule is CC(C)CNS(=O)(=O)Nc1ccc(CS(N)(=O)=O)cc1. The second-order valence-electron chi connectivity index (χ2n) is 4.85. The molecule has 0 heterocycles. The van der Waals surface area contributed by atoms with E-state index in [4.69, 9.17) is 5.14 Å². The Bertz CT molecular complexity index is 637. The Hall–Kier alpha value is -1.16. The van der Waals surface area contributed by atoms with Gasteiger partial charge in [-0.1, -0.05) is 26.0 Å². The van der Waals surface area contributed by atoms with Crippen molar-refractivity contribution in [3.8, 4) is 0 Å². The average molecular weight is 321 g/mol. The number of rotatable bonds is 7. The van der Waals surface area contributed by atoms with Crippen molar-refractivity contribution in [3.63, 3.8) is 0 Å². The molecule has 1 aromatic carbocycles. The maximum Gasteiger partial charge on any atom is 0.299 e. The average Bonchev–Trinajstić information content (AvgIpc) is 2.27. The van der Waals surface area contributed by atoms with Crippen molar-refractivity contribution in [1.82, 2.24) is 4.72 Å². The minimum Gasteiger partial charge on any atom is -0.271 e. The van der Waals surface area contributed by atoms with Crippen molar-refractivity contribution in [1.29, 1.82) is 0 Å². The first kappa shape index (κ1) is 16.9. The van der Waals surface area contributed by atoms with E-state index in [2.05, 4.69) is 9.44 Å². The molecular formula is C11H19N3O4S2. The third kappa shape index (κ3) is 6.85. The van der Waals surface area contributed by atoms with Gasteiger partial charge in [0.25, 0.3) is 10.2 Å². The van der Waals surface area contributed by atoms with E-state index >= 15 is 0 Å². The van der Waals surface area contributed by atoms with E-state index in [0.717, 1.165) is 0 Å². The summed E-state index contributed by atoms with van der Waals surface area (Å²) in [6, 6.07) is 5.97. The molecule has 1 rings (SSSR count). The highest BCUT2D eigenvalue weighted by atomic mass is 32.2. The van der Waals surface area contributed by atoms with Crippen LogP contribution >= 0.6 is 0 Å². The van der Waals surface area contributed by atoms with Gasteiger partial charge >= 0.3 is 0 Å². The maximum atomic E-state index is 11.7. The molecule has 0 aliphatic heterocycles. The van der Waals surface area contributed by atoms with Crippen LogP contribution in [0.4, 0.5) is 5.69 Å². The van der Waals surface area contributed by atoms with Gasteiger partial charge in [0.2, 0.25) is 10.0 Å². The summed E-state index contributed by atoms with van der Waals surface area (Å²) in [7, 11) is -7.21. The fourth-order valence-electron chi connectivity index (χ4n) is 1.37. The van der Waals surface area contributed by atoms with Crippen molar-refractivity contribution < 1.29 is 16.8 Å². The zero-order valence-corrected chi connectivity index (χ0v) is 13.0. The maximum absolute atomic E-state index is 11.7. The first-order valence-corrected chi connectivity index (χ1v) is 9.14. The lowest BCUT2D eigenvalue weighted by molar-refractivity contribution is 0.565. The molecule has 0 bridgehead atoms. The number of primary sulfonamides is 1. The molecule has 9 heteroatoms. The van der Waals surface area contributed by atoms with Gasteiger partial charge in [-0.2, -0.15) is 13.1 Å². The second-order valence-corrected chi connectivity index (χ2v) is 7.97. The Morgan fingerprint density at radius 3 is 2.10 bits per heavy atom.